The third-order valence-corrected chi connectivity index (χ3v) is 2.27. The number of hydrogen-bond acceptors (Lipinski definition) is 2. The molecule has 4 nitrogen and oxygen atoms in total. The van der Waals surface area contributed by atoms with E-state index in [1.54, 1.807) is 12.4 Å². The number of carboxylic acids is 1. The predicted molar refractivity (Wildman–Crippen MR) is 51.6 cm³/mol. The lowest BCUT2D eigenvalue weighted by Gasteiger charge is -1.99. The van der Waals surface area contributed by atoms with Gasteiger partial charge in [0, 0.05) is 5.69 Å². The van der Waals surface area contributed by atoms with Crippen molar-refractivity contribution in [2.75, 3.05) is 0 Å². The molecule has 0 bridgehead atoms. The van der Waals surface area contributed by atoms with Gasteiger partial charge in [-0.2, -0.15) is 0 Å². The maximum Gasteiger partial charge on any atom is 0.354 e. The largest absolute Gasteiger partial charge is 0.477 e. The van der Waals surface area contributed by atoms with Crippen molar-refractivity contribution in [3.8, 4) is 0 Å². The minimum absolute atomic E-state index is 0.0821. The third kappa shape index (κ3) is 1.16. The second kappa shape index (κ2) is 2.83. The van der Waals surface area contributed by atoms with Gasteiger partial charge in [-0.25, -0.2) is 9.78 Å². The Kier molecular flexibility index (Phi) is 1.77. The molecule has 0 atom stereocenters. The van der Waals surface area contributed by atoms with Gasteiger partial charge in [-0.3, -0.25) is 0 Å². The second-order valence-corrected chi connectivity index (χ2v) is 3.30. The first-order valence-electron chi connectivity index (χ1n) is 4.27. The van der Waals surface area contributed by atoms with E-state index in [9.17, 15) is 4.79 Å². The molecule has 2 aromatic rings. The maximum absolute atomic E-state index is 10.7. The van der Waals surface area contributed by atoms with Gasteiger partial charge in [-0.1, -0.05) is 0 Å². The van der Waals surface area contributed by atoms with Gasteiger partial charge in [0.15, 0.2) is 5.69 Å². The Morgan fingerprint density at radius 3 is 2.79 bits per heavy atom. The quantitative estimate of drug-likeness (QED) is 0.743. The van der Waals surface area contributed by atoms with Crippen molar-refractivity contribution >= 4 is 11.5 Å². The Hall–Kier alpha value is -1.84. The summed E-state index contributed by atoms with van der Waals surface area (Å²) in [5, 5.41) is 8.77. The summed E-state index contributed by atoms with van der Waals surface area (Å²) in [5.41, 5.74) is 3.10. The summed E-state index contributed by atoms with van der Waals surface area (Å²) in [6.45, 7) is 3.91. The molecule has 0 aliphatic rings. The van der Waals surface area contributed by atoms with Crippen LogP contribution in [-0.2, 0) is 0 Å². The molecule has 0 fully saturated rings. The molecule has 2 rings (SSSR count). The lowest BCUT2D eigenvalue weighted by molar-refractivity contribution is 0.0690. The summed E-state index contributed by atoms with van der Waals surface area (Å²) in [5.74, 6) is -0.995. The number of rotatable bonds is 1. The molecule has 14 heavy (non-hydrogen) atoms. The van der Waals surface area contributed by atoms with Crippen LogP contribution in [0.2, 0.25) is 0 Å². The lowest BCUT2D eigenvalue weighted by atomic mass is 10.2. The number of aromatic carboxylic acids is 1. The number of aryl methyl sites for hydroxylation is 2. The standard InChI is InChI=1S/C10H10N2O2/c1-6-3-7(2)12-5-11-8(10(13)14)4-9(6)12/h3-5H,1-2H3,(H,13,14). The molecule has 0 saturated heterocycles. The van der Waals surface area contributed by atoms with Crippen LogP contribution in [0.15, 0.2) is 18.5 Å². The smallest absolute Gasteiger partial charge is 0.354 e. The van der Waals surface area contributed by atoms with E-state index < -0.39 is 5.97 Å². The van der Waals surface area contributed by atoms with Gasteiger partial charge in [0.25, 0.3) is 0 Å². The molecule has 0 amide bonds. The fourth-order valence-corrected chi connectivity index (χ4v) is 1.58. The molecule has 0 spiro atoms. The molecule has 2 heterocycles. The van der Waals surface area contributed by atoms with Crippen LogP contribution in [0.4, 0.5) is 0 Å². The first-order chi connectivity index (χ1) is 6.59. The highest BCUT2D eigenvalue weighted by Crippen LogP contribution is 2.15. The second-order valence-electron chi connectivity index (χ2n) is 3.30. The zero-order valence-corrected chi connectivity index (χ0v) is 7.98. The van der Waals surface area contributed by atoms with Gasteiger partial charge in [0.05, 0.1) is 5.52 Å². The highest BCUT2D eigenvalue weighted by Gasteiger charge is 2.08. The number of carbonyl (C=O) groups is 1. The van der Waals surface area contributed by atoms with Crippen molar-refractivity contribution in [1.29, 1.82) is 0 Å². The molecule has 0 aliphatic heterocycles. The first kappa shape index (κ1) is 8.74. The number of aromatic nitrogens is 2. The molecule has 0 saturated carbocycles. The first-order valence-corrected chi connectivity index (χ1v) is 4.27. The van der Waals surface area contributed by atoms with Crippen LogP contribution in [0.3, 0.4) is 0 Å². The molecule has 0 radical (unpaired) electrons. The van der Waals surface area contributed by atoms with Crippen LogP contribution in [0.25, 0.3) is 5.52 Å². The van der Waals surface area contributed by atoms with Crippen LogP contribution in [0.1, 0.15) is 21.7 Å². The fourth-order valence-electron chi connectivity index (χ4n) is 1.58. The molecular formula is C10H10N2O2. The number of carboxylic acid groups (broad SMARTS) is 1. The molecule has 0 unspecified atom stereocenters. The Balaban J connectivity index is 2.77. The summed E-state index contributed by atoms with van der Waals surface area (Å²) in [4.78, 5) is 14.5. The van der Waals surface area contributed by atoms with E-state index in [-0.39, 0.29) is 5.69 Å². The van der Waals surface area contributed by atoms with E-state index >= 15 is 0 Å². The third-order valence-electron chi connectivity index (χ3n) is 2.27. The van der Waals surface area contributed by atoms with E-state index in [1.165, 1.54) is 0 Å². The van der Waals surface area contributed by atoms with Crippen LogP contribution < -0.4 is 0 Å². The Labute approximate surface area is 80.8 Å². The van der Waals surface area contributed by atoms with Crippen molar-refractivity contribution in [3.63, 3.8) is 0 Å². The maximum atomic E-state index is 10.7. The monoisotopic (exact) mass is 190 g/mol. The van der Waals surface area contributed by atoms with Gasteiger partial charge in [0.1, 0.15) is 6.33 Å². The van der Waals surface area contributed by atoms with Crippen molar-refractivity contribution in [1.82, 2.24) is 9.38 Å². The van der Waals surface area contributed by atoms with Crippen molar-refractivity contribution < 1.29 is 9.90 Å². The summed E-state index contributed by atoms with van der Waals surface area (Å²) in [6.07, 6.45) is 1.54. The summed E-state index contributed by atoms with van der Waals surface area (Å²) in [7, 11) is 0. The average molecular weight is 190 g/mol. The van der Waals surface area contributed by atoms with Crippen molar-refractivity contribution in [3.05, 3.63) is 35.4 Å². The van der Waals surface area contributed by atoms with Crippen molar-refractivity contribution in [2.45, 2.75) is 13.8 Å². The molecule has 72 valence electrons. The Morgan fingerprint density at radius 2 is 2.14 bits per heavy atom. The van der Waals surface area contributed by atoms with Crippen LogP contribution >= 0.6 is 0 Å². The lowest BCUT2D eigenvalue weighted by Crippen LogP contribution is -2.02. The molecular weight excluding hydrogens is 180 g/mol. The van der Waals surface area contributed by atoms with E-state index in [0.29, 0.717) is 0 Å². The van der Waals surface area contributed by atoms with Gasteiger partial charge < -0.3 is 9.51 Å². The molecule has 0 aromatic carbocycles. The van der Waals surface area contributed by atoms with Gasteiger partial charge in [-0.05, 0) is 31.5 Å². The van der Waals surface area contributed by atoms with Gasteiger partial charge in [-0.15, -0.1) is 0 Å². The highest BCUT2D eigenvalue weighted by molar-refractivity contribution is 5.87. The van der Waals surface area contributed by atoms with Crippen molar-refractivity contribution in [2.24, 2.45) is 0 Å². The average Bonchev–Trinajstić information content (AvgIpc) is 2.42. The zero-order valence-electron chi connectivity index (χ0n) is 7.98. The minimum atomic E-state index is -0.995. The van der Waals surface area contributed by atoms with Gasteiger partial charge in [0.2, 0.25) is 0 Å². The summed E-state index contributed by atoms with van der Waals surface area (Å²) >= 11 is 0. The summed E-state index contributed by atoms with van der Waals surface area (Å²) in [6, 6.07) is 3.59. The predicted octanol–water partition coefficient (Wildman–Crippen LogP) is 1.65. The van der Waals surface area contributed by atoms with Crippen LogP contribution in [0.5, 0.6) is 0 Å². The molecule has 0 aliphatic carbocycles. The molecule has 1 N–H and O–H groups in total. The van der Waals surface area contributed by atoms with E-state index in [1.807, 2.05) is 24.3 Å². The SMILES string of the molecule is Cc1cc(C)n2cnc(C(=O)O)cc12. The van der Waals surface area contributed by atoms with E-state index in [4.69, 9.17) is 5.11 Å². The number of nitrogens with zero attached hydrogens (tertiary/aromatic N) is 2. The zero-order chi connectivity index (χ0) is 10.3. The highest BCUT2D eigenvalue weighted by atomic mass is 16.4. The number of hydrogen-bond donors (Lipinski definition) is 1. The number of fused-ring (bicyclic) bond motifs is 1. The fraction of sp³-hybridized carbons (Fsp3) is 0.200. The Morgan fingerprint density at radius 1 is 1.43 bits per heavy atom. The molecule has 2 aromatic heterocycles. The molecule has 4 heteroatoms. The van der Waals surface area contributed by atoms with Crippen LogP contribution in [-0.4, -0.2) is 20.5 Å². The minimum Gasteiger partial charge on any atom is -0.477 e. The topological polar surface area (TPSA) is 54.6 Å². The normalized spacial score (nSPS) is 10.7. The Bertz CT molecular complexity index is 514. The summed E-state index contributed by atoms with van der Waals surface area (Å²) < 4.78 is 1.88. The van der Waals surface area contributed by atoms with Gasteiger partial charge >= 0.3 is 5.97 Å². The van der Waals surface area contributed by atoms with E-state index in [0.717, 1.165) is 16.8 Å². The van der Waals surface area contributed by atoms with Crippen LogP contribution in [0, 0.1) is 13.8 Å². The van der Waals surface area contributed by atoms with E-state index in [2.05, 4.69) is 4.98 Å².